The van der Waals surface area contributed by atoms with E-state index in [0.717, 1.165) is 31.0 Å². The fourth-order valence-electron chi connectivity index (χ4n) is 3.06. The number of rotatable bonds is 3. The van der Waals surface area contributed by atoms with Crippen LogP contribution in [0.3, 0.4) is 0 Å². The van der Waals surface area contributed by atoms with Gasteiger partial charge in [-0.2, -0.15) is 0 Å². The summed E-state index contributed by atoms with van der Waals surface area (Å²) >= 11 is 0. The van der Waals surface area contributed by atoms with E-state index in [1.54, 1.807) is 31.5 Å². The summed E-state index contributed by atoms with van der Waals surface area (Å²) in [6.07, 6.45) is 7.46. The van der Waals surface area contributed by atoms with Crippen LogP contribution < -0.4 is 0 Å². The molecule has 1 fully saturated rings. The van der Waals surface area contributed by atoms with E-state index >= 15 is 0 Å². The van der Waals surface area contributed by atoms with Gasteiger partial charge >= 0.3 is 6.03 Å². The summed E-state index contributed by atoms with van der Waals surface area (Å²) in [5.74, 6) is 2.09. The Labute approximate surface area is 135 Å². The van der Waals surface area contributed by atoms with E-state index < -0.39 is 0 Å². The summed E-state index contributed by atoms with van der Waals surface area (Å²) < 4.78 is 4.02. The summed E-state index contributed by atoms with van der Waals surface area (Å²) in [6, 6.07) is 0.0653. The number of amides is 2. The second-order valence-electron chi connectivity index (χ2n) is 6.23. The average Bonchev–Trinajstić information content (AvgIpc) is 3.18. The highest BCUT2D eigenvalue weighted by Crippen LogP contribution is 2.26. The maximum absolute atomic E-state index is 12.2. The highest BCUT2D eigenvalue weighted by Gasteiger charge is 2.29. The van der Waals surface area contributed by atoms with Gasteiger partial charge in [0.2, 0.25) is 0 Å². The highest BCUT2D eigenvalue weighted by atomic mass is 16.2. The average molecular weight is 317 g/mol. The maximum atomic E-state index is 12.2. The number of carbonyl (C=O) groups is 1. The van der Waals surface area contributed by atoms with E-state index in [9.17, 15) is 4.79 Å². The SMILES string of the molecule is CN(C)C(=O)N1CCCC(c2nnc(Cn3ccnc3)n2C)C1. The van der Waals surface area contributed by atoms with Crippen LogP contribution in [0.15, 0.2) is 18.7 Å². The second kappa shape index (κ2) is 6.39. The molecule has 0 saturated carbocycles. The van der Waals surface area contributed by atoms with Crippen LogP contribution in [0.25, 0.3) is 0 Å². The zero-order chi connectivity index (χ0) is 16.4. The van der Waals surface area contributed by atoms with Crippen LogP contribution in [0.1, 0.15) is 30.4 Å². The molecule has 1 saturated heterocycles. The van der Waals surface area contributed by atoms with Gasteiger partial charge in [0.05, 0.1) is 12.9 Å². The van der Waals surface area contributed by atoms with E-state index in [1.165, 1.54) is 0 Å². The van der Waals surface area contributed by atoms with Crippen molar-refractivity contribution in [1.29, 1.82) is 0 Å². The summed E-state index contributed by atoms with van der Waals surface area (Å²) in [5, 5.41) is 8.71. The molecule has 0 N–H and O–H groups in total. The zero-order valence-corrected chi connectivity index (χ0v) is 13.9. The Morgan fingerprint density at radius 3 is 2.91 bits per heavy atom. The quantitative estimate of drug-likeness (QED) is 0.844. The van der Waals surface area contributed by atoms with Crippen molar-refractivity contribution < 1.29 is 4.79 Å². The molecule has 1 unspecified atom stereocenters. The summed E-state index contributed by atoms with van der Waals surface area (Å²) in [7, 11) is 5.57. The van der Waals surface area contributed by atoms with Gasteiger partial charge in [0.15, 0.2) is 5.82 Å². The van der Waals surface area contributed by atoms with Gasteiger partial charge in [-0.05, 0) is 12.8 Å². The monoisotopic (exact) mass is 317 g/mol. The minimum Gasteiger partial charge on any atom is -0.331 e. The number of urea groups is 1. The number of piperidine rings is 1. The topological polar surface area (TPSA) is 72.1 Å². The molecule has 1 aliphatic rings. The smallest absolute Gasteiger partial charge is 0.319 e. The van der Waals surface area contributed by atoms with E-state index in [2.05, 4.69) is 15.2 Å². The van der Waals surface area contributed by atoms with Crippen molar-refractivity contribution in [3.05, 3.63) is 30.4 Å². The van der Waals surface area contributed by atoms with E-state index in [-0.39, 0.29) is 11.9 Å². The molecular formula is C15H23N7O. The first-order valence-electron chi connectivity index (χ1n) is 7.86. The van der Waals surface area contributed by atoms with Crippen LogP contribution in [-0.2, 0) is 13.6 Å². The van der Waals surface area contributed by atoms with Gasteiger partial charge in [-0.1, -0.05) is 0 Å². The summed E-state index contributed by atoms with van der Waals surface area (Å²) in [4.78, 5) is 19.8. The fraction of sp³-hybridized carbons (Fsp3) is 0.600. The molecule has 0 aromatic carbocycles. The van der Waals surface area contributed by atoms with Gasteiger partial charge in [-0.3, -0.25) is 0 Å². The van der Waals surface area contributed by atoms with Crippen molar-refractivity contribution in [2.45, 2.75) is 25.3 Å². The summed E-state index contributed by atoms with van der Waals surface area (Å²) in [5.41, 5.74) is 0. The Kier molecular flexibility index (Phi) is 4.31. The standard InChI is InChI=1S/C15H23N7O/c1-19(2)15(23)22-7-4-5-12(9-22)14-18-17-13(20(14)3)10-21-8-6-16-11-21/h6,8,11-12H,4-5,7,9-10H2,1-3H3. The van der Waals surface area contributed by atoms with Crippen molar-refractivity contribution in [1.82, 2.24) is 34.1 Å². The molecule has 2 amide bonds. The first-order valence-corrected chi connectivity index (χ1v) is 7.86. The predicted octanol–water partition coefficient (Wildman–Crippen LogP) is 0.921. The first kappa shape index (κ1) is 15.5. The number of aromatic nitrogens is 5. The van der Waals surface area contributed by atoms with Gasteiger partial charge < -0.3 is 18.9 Å². The third kappa shape index (κ3) is 3.20. The molecule has 0 spiro atoms. The number of carbonyl (C=O) groups excluding carboxylic acids is 1. The van der Waals surface area contributed by atoms with Crippen LogP contribution >= 0.6 is 0 Å². The lowest BCUT2D eigenvalue weighted by molar-refractivity contribution is 0.153. The van der Waals surface area contributed by atoms with Crippen LogP contribution in [0, 0.1) is 0 Å². The lowest BCUT2D eigenvalue weighted by Crippen LogP contribution is -2.44. The van der Waals surface area contributed by atoms with Crippen molar-refractivity contribution >= 4 is 6.03 Å². The molecule has 0 radical (unpaired) electrons. The second-order valence-corrected chi connectivity index (χ2v) is 6.23. The van der Waals surface area contributed by atoms with Crippen LogP contribution in [0.5, 0.6) is 0 Å². The predicted molar refractivity (Wildman–Crippen MR) is 85.0 cm³/mol. The number of hydrogen-bond acceptors (Lipinski definition) is 4. The molecule has 1 atom stereocenters. The van der Waals surface area contributed by atoms with Gasteiger partial charge in [0.1, 0.15) is 5.82 Å². The van der Waals surface area contributed by atoms with Crippen LogP contribution in [-0.4, -0.2) is 67.3 Å². The van der Waals surface area contributed by atoms with Crippen molar-refractivity contribution in [2.75, 3.05) is 27.2 Å². The lowest BCUT2D eigenvalue weighted by Gasteiger charge is -2.33. The number of imidazole rings is 1. The Balaban J connectivity index is 1.74. The third-order valence-corrected chi connectivity index (χ3v) is 4.32. The summed E-state index contributed by atoms with van der Waals surface area (Å²) in [6.45, 7) is 2.16. The van der Waals surface area contributed by atoms with Gasteiger partial charge in [0.25, 0.3) is 0 Å². The zero-order valence-electron chi connectivity index (χ0n) is 13.9. The van der Waals surface area contributed by atoms with Crippen LogP contribution in [0.4, 0.5) is 4.79 Å². The van der Waals surface area contributed by atoms with E-state index in [0.29, 0.717) is 13.1 Å². The molecule has 0 bridgehead atoms. The number of nitrogens with zero attached hydrogens (tertiary/aromatic N) is 7. The van der Waals surface area contributed by atoms with E-state index in [4.69, 9.17) is 0 Å². The maximum Gasteiger partial charge on any atom is 0.319 e. The molecule has 3 rings (SSSR count). The molecule has 23 heavy (non-hydrogen) atoms. The molecule has 8 heteroatoms. The normalized spacial score (nSPS) is 18.2. The molecule has 3 heterocycles. The molecule has 0 aliphatic carbocycles. The Bertz CT molecular complexity index is 661. The highest BCUT2D eigenvalue weighted by molar-refractivity contribution is 5.74. The van der Waals surface area contributed by atoms with Crippen molar-refractivity contribution in [2.24, 2.45) is 7.05 Å². The Hall–Kier alpha value is -2.38. The molecular weight excluding hydrogens is 294 g/mol. The third-order valence-electron chi connectivity index (χ3n) is 4.32. The molecule has 2 aromatic heterocycles. The Morgan fingerprint density at radius 1 is 1.39 bits per heavy atom. The van der Waals surface area contributed by atoms with Crippen molar-refractivity contribution in [3.63, 3.8) is 0 Å². The Morgan fingerprint density at radius 2 is 2.22 bits per heavy atom. The van der Waals surface area contributed by atoms with E-state index in [1.807, 2.05) is 27.3 Å². The van der Waals surface area contributed by atoms with Gasteiger partial charge in [0, 0.05) is 52.5 Å². The number of likely N-dealkylation sites (tertiary alicyclic amines) is 1. The minimum atomic E-state index is 0.0653. The van der Waals surface area contributed by atoms with Crippen LogP contribution in [0.2, 0.25) is 0 Å². The fourth-order valence-corrected chi connectivity index (χ4v) is 3.06. The minimum absolute atomic E-state index is 0.0653. The molecule has 2 aromatic rings. The molecule has 124 valence electrons. The first-order chi connectivity index (χ1) is 11.1. The van der Waals surface area contributed by atoms with Gasteiger partial charge in [-0.15, -0.1) is 10.2 Å². The molecule has 8 nitrogen and oxygen atoms in total. The number of hydrogen-bond donors (Lipinski definition) is 0. The largest absolute Gasteiger partial charge is 0.331 e. The molecule has 1 aliphatic heterocycles. The van der Waals surface area contributed by atoms with Gasteiger partial charge in [-0.25, -0.2) is 9.78 Å². The van der Waals surface area contributed by atoms with Crippen molar-refractivity contribution in [3.8, 4) is 0 Å². The lowest BCUT2D eigenvalue weighted by atomic mass is 9.97.